The molecule has 62 valence electrons. The zero-order valence-electron chi connectivity index (χ0n) is 6.68. The molecule has 0 aliphatic heterocycles. The summed E-state index contributed by atoms with van der Waals surface area (Å²) in [5.74, 6) is 0. The van der Waals surface area contributed by atoms with Gasteiger partial charge in [0.1, 0.15) is 0 Å². The Morgan fingerprint density at radius 1 is 1.42 bits per heavy atom. The highest BCUT2D eigenvalue weighted by molar-refractivity contribution is 6.30. The van der Waals surface area contributed by atoms with E-state index in [-0.39, 0.29) is 0 Å². The number of rotatable bonds is 1. The van der Waals surface area contributed by atoms with Gasteiger partial charge in [0.15, 0.2) is 0 Å². The molecule has 2 rings (SSSR count). The molecule has 0 saturated heterocycles. The van der Waals surface area contributed by atoms with Crippen LogP contribution in [-0.4, -0.2) is 6.54 Å². The van der Waals surface area contributed by atoms with Gasteiger partial charge in [-0.1, -0.05) is 29.3 Å². The van der Waals surface area contributed by atoms with E-state index in [1.807, 2.05) is 12.1 Å². The van der Waals surface area contributed by atoms with Crippen LogP contribution in [-0.2, 0) is 6.42 Å². The van der Waals surface area contributed by atoms with E-state index >= 15 is 0 Å². The lowest BCUT2D eigenvalue weighted by molar-refractivity contribution is 1.07. The van der Waals surface area contributed by atoms with Gasteiger partial charge in [-0.3, -0.25) is 0 Å². The zero-order valence-corrected chi connectivity index (χ0v) is 7.43. The van der Waals surface area contributed by atoms with Crippen LogP contribution >= 0.6 is 11.6 Å². The quantitative estimate of drug-likeness (QED) is 0.703. The van der Waals surface area contributed by atoms with Crippen LogP contribution < -0.4 is 5.73 Å². The third kappa shape index (κ3) is 1.26. The summed E-state index contributed by atoms with van der Waals surface area (Å²) in [6.07, 6.45) is 3.12. The smallest absolute Gasteiger partial charge is 0.0412 e. The van der Waals surface area contributed by atoms with E-state index in [2.05, 4.69) is 12.1 Å². The first-order valence-corrected chi connectivity index (χ1v) is 4.35. The van der Waals surface area contributed by atoms with E-state index in [4.69, 9.17) is 17.3 Å². The lowest BCUT2D eigenvalue weighted by atomic mass is 10.1. The van der Waals surface area contributed by atoms with E-state index in [0.717, 1.165) is 11.4 Å². The van der Waals surface area contributed by atoms with Crippen molar-refractivity contribution < 1.29 is 0 Å². The third-order valence-electron chi connectivity index (χ3n) is 2.15. The first-order valence-electron chi connectivity index (χ1n) is 3.97. The maximum absolute atomic E-state index is 5.85. The highest BCUT2D eigenvalue weighted by Crippen LogP contribution is 2.26. The van der Waals surface area contributed by atoms with Gasteiger partial charge in [-0.2, -0.15) is 0 Å². The Balaban J connectivity index is 2.42. The molecule has 0 spiro atoms. The van der Waals surface area contributed by atoms with Crippen LogP contribution in [0.1, 0.15) is 11.1 Å². The average molecular weight is 180 g/mol. The molecule has 0 unspecified atom stereocenters. The van der Waals surface area contributed by atoms with Gasteiger partial charge < -0.3 is 5.73 Å². The fraction of sp³-hybridized carbons (Fsp3) is 0.200. The maximum Gasteiger partial charge on any atom is 0.0412 e. The van der Waals surface area contributed by atoms with Gasteiger partial charge in [0.25, 0.3) is 0 Å². The molecule has 0 atom stereocenters. The fourth-order valence-electron chi connectivity index (χ4n) is 1.51. The molecule has 0 radical (unpaired) electrons. The van der Waals surface area contributed by atoms with Gasteiger partial charge in [0.2, 0.25) is 0 Å². The van der Waals surface area contributed by atoms with E-state index in [1.165, 1.54) is 16.7 Å². The highest BCUT2D eigenvalue weighted by atomic mass is 35.5. The second-order valence-electron chi connectivity index (χ2n) is 3.03. The van der Waals surface area contributed by atoms with Gasteiger partial charge >= 0.3 is 0 Å². The van der Waals surface area contributed by atoms with E-state index in [9.17, 15) is 0 Å². The summed E-state index contributed by atoms with van der Waals surface area (Å²) in [5, 5.41) is 0.795. The van der Waals surface area contributed by atoms with Crippen molar-refractivity contribution in [2.24, 2.45) is 5.73 Å². The van der Waals surface area contributed by atoms with Gasteiger partial charge in [0, 0.05) is 11.6 Å². The van der Waals surface area contributed by atoms with Crippen LogP contribution in [0.3, 0.4) is 0 Å². The zero-order chi connectivity index (χ0) is 8.55. The predicted octanol–water partition coefficient (Wildman–Crippen LogP) is 2.24. The van der Waals surface area contributed by atoms with E-state index in [1.54, 1.807) is 0 Å². The molecule has 0 bridgehead atoms. The molecule has 0 amide bonds. The van der Waals surface area contributed by atoms with Crippen molar-refractivity contribution in [2.45, 2.75) is 6.42 Å². The number of fused-ring (bicyclic) bond motifs is 1. The van der Waals surface area contributed by atoms with Crippen molar-refractivity contribution >= 4 is 17.7 Å². The van der Waals surface area contributed by atoms with Gasteiger partial charge in [0.05, 0.1) is 0 Å². The fourth-order valence-corrected chi connectivity index (χ4v) is 1.69. The summed E-state index contributed by atoms with van der Waals surface area (Å²) < 4.78 is 0. The lowest BCUT2D eigenvalue weighted by Crippen LogP contribution is -2.01. The highest BCUT2D eigenvalue weighted by Gasteiger charge is 2.10. The van der Waals surface area contributed by atoms with Crippen LogP contribution in [0.25, 0.3) is 6.08 Å². The molecule has 1 nitrogen and oxygen atoms in total. The summed E-state index contributed by atoms with van der Waals surface area (Å²) in [6.45, 7) is 0.645. The Labute approximate surface area is 76.8 Å². The lowest BCUT2D eigenvalue weighted by Gasteiger charge is -1.97. The Hall–Kier alpha value is -0.790. The normalized spacial score (nSPS) is 14.3. The van der Waals surface area contributed by atoms with Crippen molar-refractivity contribution in [1.82, 2.24) is 0 Å². The molecule has 1 aliphatic carbocycles. The molecular formula is C10H10ClN. The first kappa shape index (κ1) is 7.84. The Bertz CT molecular complexity index is 342. The first-order chi connectivity index (χ1) is 5.79. The van der Waals surface area contributed by atoms with Crippen LogP contribution in [0.4, 0.5) is 0 Å². The Morgan fingerprint density at radius 3 is 3.00 bits per heavy atom. The topological polar surface area (TPSA) is 26.0 Å². The molecular weight excluding hydrogens is 170 g/mol. The van der Waals surface area contributed by atoms with Crippen molar-refractivity contribution in [3.8, 4) is 0 Å². The molecule has 12 heavy (non-hydrogen) atoms. The largest absolute Gasteiger partial charge is 0.327 e. The number of hydrogen-bond donors (Lipinski definition) is 1. The summed E-state index contributed by atoms with van der Waals surface area (Å²) in [6, 6.07) is 5.98. The summed E-state index contributed by atoms with van der Waals surface area (Å²) >= 11 is 5.85. The van der Waals surface area contributed by atoms with Gasteiger partial charge in [-0.25, -0.2) is 0 Å². The maximum atomic E-state index is 5.85. The van der Waals surface area contributed by atoms with Crippen molar-refractivity contribution in [2.75, 3.05) is 6.54 Å². The molecule has 0 fully saturated rings. The van der Waals surface area contributed by atoms with Crippen LogP contribution in [0, 0.1) is 0 Å². The molecule has 1 aromatic carbocycles. The van der Waals surface area contributed by atoms with Crippen LogP contribution in [0.2, 0.25) is 5.02 Å². The molecule has 0 heterocycles. The molecule has 0 saturated carbocycles. The van der Waals surface area contributed by atoms with Crippen molar-refractivity contribution in [3.63, 3.8) is 0 Å². The Kier molecular flexibility index (Phi) is 1.91. The average Bonchev–Trinajstić information content (AvgIpc) is 2.46. The van der Waals surface area contributed by atoms with Gasteiger partial charge in [-0.15, -0.1) is 0 Å². The van der Waals surface area contributed by atoms with Crippen LogP contribution in [0.15, 0.2) is 23.8 Å². The second kappa shape index (κ2) is 2.92. The van der Waals surface area contributed by atoms with Crippen molar-refractivity contribution in [1.29, 1.82) is 0 Å². The predicted molar refractivity (Wildman–Crippen MR) is 52.2 cm³/mol. The number of hydrogen-bond acceptors (Lipinski definition) is 1. The van der Waals surface area contributed by atoms with E-state index in [0.29, 0.717) is 6.54 Å². The minimum absolute atomic E-state index is 0.645. The number of benzene rings is 1. The molecule has 1 aromatic rings. The van der Waals surface area contributed by atoms with Gasteiger partial charge in [-0.05, 0) is 29.7 Å². The number of halogens is 1. The standard InChI is InChI=1S/C10H10ClN/c11-10-2-1-8-3-7(6-12)4-9(8)5-10/h1-2,4-5H,3,6,12H2. The Morgan fingerprint density at radius 2 is 2.25 bits per heavy atom. The molecule has 0 aromatic heterocycles. The summed E-state index contributed by atoms with van der Waals surface area (Å²) in [5.41, 5.74) is 9.39. The van der Waals surface area contributed by atoms with E-state index < -0.39 is 0 Å². The molecule has 1 aliphatic rings. The third-order valence-corrected chi connectivity index (χ3v) is 2.38. The summed E-state index contributed by atoms with van der Waals surface area (Å²) in [7, 11) is 0. The minimum atomic E-state index is 0.645. The SMILES string of the molecule is NCC1=Cc2cc(Cl)ccc2C1. The van der Waals surface area contributed by atoms with Crippen molar-refractivity contribution in [3.05, 3.63) is 39.9 Å². The monoisotopic (exact) mass is 179 g/mol. The minimum Gasteiger partial charge on any atom is -0.327 e. The molecule has 2 heteroatoms. The summed E-state index contributed by atoms with van der Waals surface area (Å²) in [4.78, 5) is 0. The van der Waals surface area contributed by atoms with Crippen LogP contribution in [0.5, 0.6) is 0 Å². The number of nitrogens with two attached hydrogens (primary N) is 1. The molecule has 2 N–H and O–H groups in total. The second-order valence-corrected chi connectivity index (χ2v) is 3.46.